The van der Waals surface area contributed by atoms with Gasteiger partial charge in [-0.05, 0) is 37.1 Å². The highest BCUT2D eigenvalue weighted by molar-refractivity contribution is 6.30. The zero-order valence-electron chi connectivity index (χ0n) is 11.8. The summed E-state index contributed by atoms with van der Waals surface area (Å²) in [6, 6.07) is 7.81. The average molecular weight is 283 g/mol. The first-order valence-electron chi connectivity index (χ1n) is 6.82. The van der Waals surface area contributed by atoms with Crippen molar-refractivity contribution >= 4 is 17.5 Å². The molecule has 0 aliphatic rings. The SMILES string of the molecule is CCCCN(C)C(=O)CNCCc1cccc(Cl)c1. The number of amides is 1. The zero-order chi connectivity index (χ0) is 14.1. The molecule has 1 rings (SSSR count). The van der Waals surface area contributed by atoms with Gasteiger partial charge in [0.05, 0.1) is 6.54 Å². The molecule has 1 aromatic carbocycles. The minimum atomic E-state index is 0.152. The number of rotatable bonds is 8. The van der Waals surface area contributed by atoms with Crippen LogP contribution in [0.3, 0.4) is 0 Å². The molecule has 1 aromatic rings. The Kier molecular flexibility index (Phi) is 7.53. The largest absolute Gasteiger partial charge is 0.345 e. The Morgan fingerprint density at radius 1 is 1.42 bits per heavy atom. The second-order valence-corrected chi connectivity index (χ2v) is 5.16. The first-order valence-corrected chi connectivity index (χ1v) is 7.20. The van der Waals surface area contributed by atoms with Gasteiger partial charge in [-0.2, -0.15) is 0 Å². The van der Waals surface area contributed by atoms with Crippen molar-refractivity contribution in [3.8, 4) is 0 Å². The highest BCUT2D eigenvalue weighted by Gasteiger charge is 2.06. The summed E-state index contributed by atoms with van der Waals surface area (Å²) in [5, 5.41) is 3.93. The third-order valence-corrected chi connectivity index (χ3v) is 3.26. The van der Waals surface area contributed by atoms with Crippen molar-refractivity contribution in [3.63, 3.8) is 0 Å². The van der Waals surface area contributed by atoms with Crippen LogP contribution in [-0.2, 0) is 11.2 Å². The molecule has 4 heteroatoms. The van der Waals surface area contributed by atoms with Gasteiger partial charge >= 0.3 is 0 Å². The number of likely N-dealkylation sites (N-methyl/N-ethyl adjacent to an activating group) is 1. The number of hydrogen-bond acceptors (Lipinski definition) is 2. The van der Waals surface area contributed by atoms with Crippen LogP contribution in [0.2, 0.25) is 5.02 Å². The molecule has 0 atom stereocenters. The second kappa shape index (κ2) is 8.94. The number of nitrogens with one attached hydrogen (secondary N) is 1. The maximum Gasteiger partial charge on any atom is 0.236 e. The molecule has 0 bridgehead atoms. The van der Waals surface area contributed by atoms with Gasteiger partial charge in [0.2, 0.25) is 5.91 Å². The highest BCUT2D eigenvalue weighted by Crippen LogP contribution is 2.10. The van der Waals surface area contributed by atoms with Gasteiger partial charge in [-0.15, -0.1) is 0 Å². The van der Waals surface area contributed by atoms with Crippen molar-refractivity contribution in [2.24, 2.45) is 0 Å². The second-order valence-electron chi connectivity index (χ2n) is 4.73. The number of carbonyl (C=O) groups excluding carboxylic acids is 1. The molecule has 1 amide bonds. The summed E-state index contributed by atoms with van der Waals surface area (Å²) in [6.07, 6.45) is 3.05. The van der Waals surface area contributed by atoms with Crippen molar-refractivity contribution in [3.05, 3.63) is 34.9 Å². The van der Waals surface area contributed by atoms with E-state index in [9.17, 15) is 4.79 Å². The van der Waals surface area contributed by atoms with Crippen LogP contribution >= 0.6 is 11.6 Å². The summed E-state index contributed by atoms with van der Waals surface area (Å²) >= 11 is 5.92. The normalized spacial score (nSPS) is 10.5. The number of benzene rings is 1. The Labute approximate surface area is 120 Å². The van der Waals surface area contributed by atoms with Gasteiger partial charge < -0.3 is 10.2 Å². The van der Waals surface area contributed by atoms with E-state index >= 15 is 0 Å². The van der Waals surface area contributed by atoms with Crippen LogP contribution in [0.25, 0.3) is 0 Å². The molecule has 0 saturated heterocycles. The van der Waals surface area contributed by atoms with Crippen LogP contribution in [0.4, 0.5) is 0 Å². The molecular weight excluding hydrogens is 260 g/mol. The summed E-state index contributed by atoms with van der Waals surface area (Å²) in [7, 11) is 1.86. The number of nitrogens with zero attached hydrogens (tertiary/aromatic N) is 1. The van der Waals surface area contributed by atoms with E-state index in [0.717, 1.165) is 37.4 Å². The Morgan fingerprint density at radius 2 is 2.21 bits per heavy atom. The molecule has 0 spiro atoms. The molecule has 0 aromatic heterocycles. The van der Waals surface area contributed by atoms with E-state index in [4.69, 9.17) is 11.6 Å². The van der Waals surface area contributed by atoms with Gasteiger partial charge in [-0.25, -0.2) is 0 Å². The monoisotopic (exact) mass is 282 g/mol. The number of hydrogen-bond donors (Lipinski definition) is 1. The van der Waals surface area contributed by atoms with Gasteiger partial charge in [0.1, 0.15) is 0 Å². The number of halogens is 1. The first kappa shape index (κ1) is 16.0. The summed E-state index contributed by atoms with van der Waals surface area (Å²) in [6.45, 7) is 4.15. The van der Waals surface area contributed by atoms with E-state index in [1.807, 2.05) is 31.3 Å². The minimum Gasteiger partial charge on any atom is -0.345 e. The molecule has 0 heterocycles. The third kappa shape index (κ3) is 6.60. The molecular formula is C15H23ClN2O. The van der Waals surface area contributed by atoms with Crippen LogP contribution in [-0.4, -0.2) is 37.5 Å². The van der Waals surface area contributed by atoms with Crippen molar-refractivity contribution in [1.82, 2.24) is 10.2 Å². The maximum atomic E-state index is 11.8. The fourth-order valence-electron chi connectivity index (χ4n) is 1.78. The quantitative estimate of drug-likeness (QED) is 0.744. The van der Waals surface area contributed by atoms with Crippen molar-refractivity contribution < 1.29 is 4.79 Å². The van der Waals surface area contributed by atoms with E-state index in [1.54, 1.807) is 4.90 Å². The lowest BCUT2D eigenvalue weighted by atomic mass is 10.1. The molecule has 0 aliphatic heterocycles. The van der Waals surface area contributed by atoms with Gasteiger partial charge in [0.25, 0.3) is 0 Å². The molecule has 0 radical (unpaired) electrons. The lowest BCUT2D eigenvalue weighted by Gasteiger charge is -2.17. The standard InChI is InChI=1S/C15H23ClN2O/c1-3-4-10-18(2)15(19)12-17-9-8-13-6-5-7-14(16)11-13/h5-7,11,17H,3-4,8-10,12H2,1-2H3. The van der Waals surface area contributed by atoms with Gasteiger partial charge in [0.15, 0.2) is 0 Å². The fraction of sp³-hybridized carbons (Fsp3) is 0.533. The summed E-state index contributed by atoms with van der Waals surface area (Å²) in [4.78, 5) is 13.5. The average Bonchev–Trinajstić information content (AvgIpc) is 2.40. The molecule has 106 valence electrons. The smallest absolute Gasteiger partial charge is 0.236 e. The molecule has 0 saturated carbocycles. The zero-order valence-corrected chi connectivity index (χ0v) is 12.5. The topological polar surface area (TPSA) is 32.3 Å². The van der Waals surface area contributed by atoms with Crippen LogP contribution in [0, 0.1) is 0 Å². The number of unbranched alkanes of at least 4 members (excludes halogenated alkanes) is 1. The van der Waals surface area contributed by atoms with Crippen molar-refractivity contribution in [1.29, 1.82) is 0 Å². The Bertz CT molecular complexity index is 395. The van der Waals surface area contributed by atoms with Crippen LogP contribution in [0.1, 0.15) is 25.3 Å². The molecule has 0 fully saturated rings. The van der Waals surface area contributed by atoms with E-state index in [2.05, 4.69) is 12.2 Å². The van der Waals surface area contributed by atoms with Gasteiger partial charge in [-0.1, -0.05) is 37.1 Å². The molecule has 3 nitrogen and oxygen atoms in total. The molecule has 19 heavy (non-hydrogen) atoms. The lowest BCUT2D eigenvalue weighted by molar-refractivity contribution is -0.129. The third-order valence-electron chi connectivity index (χ3n) is 3.03. The predicted octanol–water partition coefficient (Wildman–Crippen LogP) is 2.73. The Morgan fingerprint density at radius 3 is 2.89 bits per heavy atom. The van der Waals surface area contributed by atoms with E-state index in [1.165, 1.54) is 5.56 Å². The van der Waals surface area contributed by atoms with Gasteiger partial charge in [-0.3, -0.25) is 4.79 Å². The molecule has 0 aliphatic carbocycles. The van der Waals surface area contributed by atoms with Gasteiger partial charge in [0, 0.05) is 18.6 Å². The molecule has 0 unspecified atom stereocenters. The first-order chi connectivity index (χ1) is 9.13. The number of carbonyl (C=O) groups is 1. The van der Waals surface area contributed by atoms with Crippen molar-refractivity contribution in [2.75, 3.05) is 26.7 Å². The van der Waals surface area contributed by atoms with E-state index in [0.29, 0.717) is 6.54 Å². The Balaban J connectivity index is 2.18. The Hall–Kier alpha value is -1.06. The summed E-state index contributed by atoms with van der Waals surface area (Å²) in [5.41, 5.74) is 1.19. The van der Waals surface area contributed by atoms with Crippen LogP contribution in [0.5, 0.6) is 0 Å². The van der Waals surface area contributed by atoms with Crippen molar-refractivity contribution in [2.45, 2.75) is 26.2 Å². The summed E-state index contributed by atoms with van der Waals surface area (Å²) in [5.74, 6) is 0.152. The van der Waals surface area contributed by atoms with E-state index in [-0.39, 0.29) is 5.91 Å². The fourth-order valence-corrected chi connectivity index (χ4v) is 1.99. The van der Waals surface area contributed by atoms with Crippen LogP contribution in [0.15, 0.2) is 24.3 Å². The minimum absolute atomic E-state index is 0.152. The maximum absolute atomic E-state index is 11.8. The van der Waals surface area contributed by atoms with E-state index < -0.39 is 0 Å². The molecule has 1 N–H and O–H groups in total. The van der Waals surface area contributed by atoms with Crippen LogP contribution < -0.4 is 5.32 Å². The summed E-state index contributed by atoms with van der Waals surface area (Å²) < 4.78 is 0. The predicted molar refractivity (Wildman–Crippen MR) is 80.6 cm³/mol. The highest BCUT2D eigenvalue weighted by atomic mass is 35.5. The lowest BCUT2D eigenvalue weighted by Crippen LogP contribution is -2.36.